The highest BCUT2D eigenvalue weighted by molar-refractivity contribution is 7.23. The van der Waals surface area contributed by atoms with Crippen LogP contribution in [0.4, 0.5) is 20.2 Å². The summed E-state index contributed by atoms with van der Waals surface area (Å²) in [7, 11) is 0. The monoisotopic (exact) mass is 640 g/mol. The maximum Gasteiger partial charge on any atom is 0.268 e. The van der Waals surface area contributed by atoms with Crippen LogP contribution in [0, 0.1) is 11.6 Å². The zero-order chi connectivity index (χ0) is 29.2. The number of nitrogens with zero attached hydrogens (tertiary/aromatic N) is 4. The summed E-state index contributed by atoms with van der Waals surface area (Å²) < 4.78 is 44.4. The molecule has 9 nitrogen and oxygen atoms in total. The Kier molecular flexibility index (Phi) is 9.29. The minimum Gasteiger partial charge on any atom is -0.382 e. The van der Waals surface area contributed by atoms with Gasteiger partial charge in [-0.15, -0.1) is 0 Å². The highest BCUT2D eigenvalue weighted by Gasteiger charge is 2.25. The molecule has 14 heteroatoms. The zero-order valence-corrected chi connectivity index (χ0v) is 25.3. The molecular weight excluding hydrogens is 609 g/mol. The summed E-state index contributed by atoms with van der Waals surface area (Å²) in [4.78, 5) is 23.3. The van der Waals surface area contributed by atoms with Crippen molar-refractivity contribution in [2.45, 2.75) is 12.8 Å². The summed E-state index contributed by atoms with van der Waals surface area (Å²) in [5.74, 6) is -1.62. The van der Waals surface area contributed by atoms with Gasteiger partial charge in [0, 0.05) is 39.3 Å². The molecule has 0 saturated carbocycles. The molecule has 2 aliphatic heterocycles. The molecule has 2 N–H and O–H groups in total. The van der Waals surface area contributed by atoms with Crippen LogP contribution < -0.4 is 16.2 Å². The molecule has 42 heavy (non-hydrogen) atoms. The first-order chi connectivity index (χ1) is 20.4. The molecule has 0 atom stereocenters. The Balaban J connectivity index is 1.35. The third-order valence-electron chi connectivity index (χ3n) is 7.72. The van der Waals surface area contributed by atoms with Gasteiger partial charge in [0.15, 0.2) is 16.6 Å². The maximum atomic E-state index is 16.1. The molecule has 0 amide bonds. The van der Waals surface area contributed by atoms with Crippen molar-refractivity contribution in [1.29, 1.82) is 0 Å². The lowest BCUT2D eigenvalue weighted by atomic mass is 10.1. The van der Waals surface area contributed by atoms with Crippen LogP contribution in [0.25, 0.3) is 26.1 Å². The van der Waals surface area contributed by atoms with E-state index in [1.54, 1.807) is 12.1 Å². The highest BCUT2D eigenvalue weighted by atomic mass is 35.5. The molecule has 226 valence electrons. The van der Waals surface area contributed by atoms with Crippen LogP contribution >= 0.6 is 34.5 Å². The maximum absolute atomic E-state index is 16.1. The SMILES string of the molecule is O=c1c2c(NCCCN3CCOCC3)c(F)c(NCCCN3CCOCC3)c(F)c2sc2nc3cc(Cl)c(Cl)cc3n12. The first-order valence-corrected chi connectivity index (χ1v) is 15.7. The number of hydrogen-bond acceptors (Lipinski definition) is 9. The smallest absolute Gasteiger partial charge is 0.268 e. The molecule has 4 aromatic rings. The van der Waals surface area contributed by atoms with Gasteiger partial charge < -0.3 is 20.1 Å². The van der Waals surface area contributed by atoms with Gasteiger partial charge in [-0.3, -0.25) is 14.6 Å². The molecule has 2 saturated heterocycles. The van der Waals surface area contributed by atoms with Crippen molar-refractivity contribution in [2.24, 2.45) is 0 Å². The van der Waals surface area contributed by atoms with Gasteiger partial charge in [-0.1, -0.05) is 34.5 Å². The second-order valence-corrected chi connectivity index (χ2v) is 12.2. The summed E-state index contributed by atoms with van der Waals surface area (Å²) in [5, 5.41) is 6.60. The third-order valence-corrected chi connectivity index (χ3v) is 9.49. The Morgan fingerprint density at radius 3 is 2.05 bits per heavy atom. The van der Waals surface area contributed by atoms with Crippen LogP contribution in [-0.2, 0) is 9.47 Å². The molecule has 2 aromatic carbocycles. The number of halogens is 4. The number of ether oxygens (including phenoxy) is 2. The fourth-order valence-corrected chi connectivity index (χ4v) is 6.89. The average molecular weight is 642 g/mol. The van der Waals surface area contributed by atoms with Crippen LogP contribution in [0.2, 0.25) is 10.0 Å². The number of benzene rings is 2. The van der Waals surface area contributed by atoms with Crippen molar-refractivity contribution in [3.63, 3.8) is 0 Å². The molecule has 2 aliphatic rings. The van der Waals surface area contributed by atoms with Crippen LogP contribution in [0.1, 0.15) is 12.8 Å². The Morgan fingerprint density at radius 1 is 0.857 bits per heavy atom. The van der Waals surface area contributed by atoms with E-state index in [-0.39, 0.29) is 36.5 Å². The number of hydrogen-bond donors (Lipinski definition) is 2. The molecule has 0 bridgehead atoms. The van der Waals surface area contributed by atoms with Gasteiger partial charge in [0.25, 0.3) is 5.56 Å². The number of anilines is 2. The minimum absolute atomic E-state index is 0.0193. The van der Waals surface area contributed by atoms with Gasteiger partial charge in [0.05, 0.1) is 63.3 Å². The van der Waals surface area contributed by atoms with E-state index in [0.29, 0.717) is 63.4 Å². The second-order valence-electron chi connectivity index (χ2n) is 10.4. The lowest BCUT2D eigenvalue weighted by molar-refractivity contribution is 0.0378. The normalized spacial score (nSPS) is 17.0. The minimum atomic E-state index is -0.813. The van der Waals surface area contributed by atoms with E-state index >= 15 is 8.78 Å². The summed E-state index contributed by atoms with van der Waals surface area (Å²) >= 11 is 13.4. The number of fused-ring (bicyclic) bond motifs is 4. The van der Waals surface area contributed by atoms with Gasteiger partial charge in [0.1, 0.15) is 5.69 Å². The molecule has 2 aromatic heterocycles. The lowest BCUT2D eigenvalue weighted by Crippen LogP contribution is -2.37. The predicted molar refractivity (Wildman–Crippen MR) is 165 cm³/mol. The highest BCUT2D eigenvalue weighted by Crippen LogP contribution is 2.38. The zero-order valence-electron chi connectivity index (χ0n) is 23.0. The summed E-state index contributed by atoms with van der Waals surface area (Å²) in [6, 6.07) is 3.11. The lowest BCUT2D eigenvalue weighted by Gasteiger charge is -2.26. The number of imidazole rings is 1. The predicted octanol–water partition coefficient (Wildman–Crippen LogP) is 4.92. The largest absolute Gasteiger partial charge is 0.382 e. The number of aromatic nitrogens is 2. The molecule has 0 unspecified atom stereocenters. The molecule has 2 fully saturated rings. The average Bonchev–Trinajstić information content (AvgIpc) is 3.35. The number of morpholine rings is 2. The molecule has 0 aliphatic carbocycles. The molecule has 4 heterocycles. The third kappa shape index (κ3) is 6.03. The van der Waals surface area contributed by atoms with Crippen LogP contribution in [0.15, 0.2) is 16.9 Å². The van der Waals surface area contributed by atoms with E-state index in [1.165, 1.54) is 4.40 Å². The first kappa shape index (κ1) is 29.7. The van der Waals surface area contributed by atoms with Crippen LogP contribution in [0.5, 0.6) is 0 Å². The van der Waals surface area contributed by atoms with Crippen molar-refractivity contribution in [1.82, 2.24) is 19.2 Å². The fourth-order valence-electron chi connectivity index (χ4n) is 5.49. The Morgan fingerprint density at radius 2 is 1.43 bits per heavy atom. The van der Waals surface area contributed by atoms with Crippen molar-refractivity contribution < 1.29 is 18.3 Å². The summed E-state index contributed by atoms with van der Waals surface area (Å²) in [6.07, 6.45) is 1.41. The van der Waals surface area contributed by atoms with Crippen LogP contribution in [-0.4, -0.2) is 98.0 Å². The van der Waals surface area contributed by atoms with Gasteiger partial charge in [-0.25, -0.2) is 18.2 Å². The van der Waals surface area contributed by atoms with Gasteiger partial charge in [0.2, 0.25) is 0 Å². The van der Waals surface area contributed by atoms with E-state index in [2.05, 4.69) is 25.4 Å². The fraction of sp³-hybridized carbons (Fsp3) is 0.500. The van der Waals surface area contributed by atoms with Gasteiger partial charge >= 0.3 is 0 Å². The quantitative estimate of drug-likeness (QED) is 0.237. The van der Waals surface area contributed by atoms with E-state index in [0.717, 1.165) is 50.6 Å². The molecule has 6 rings (SSSR count). The Bertz CT molecular complexity index is 1660. The number of rotatable bonds is 10. The van der Waals surface area contributed by atoms with Crippen molar-refractivity contribution in [3.8, 4) is 0 Å². The van der Waals surface area contributed by atoms with Crippen molar-refractivity contribution in [2.75, 3.05) is 89.4 Å². The van der Waals surface area contributed by atoms with E-state index < -0.39 is 17.2 Å². The van der Waals surface area contributed by atoms with Gasteiger partial charge in [-0.05, 0) is 38.1 Å². The first-order valence-electron chi connectivity index (χ1n) is 14.2. The summed E-state index contributed by atoms with van der Waals surface area (Å²) in [6.45, 7) is 8.50. The number of nitrogens with one attached hydrogen (secondary N) is 2. The standard InChI is InChI=1S/C28H32Cl2F2N6O3S/c29-17-15-19-20(16-18(17)30)38-27(39)21-24(33-3-1-5-36-7-11-40-12-8-36)22(31)25(23(32)26(21)42-28(38)35-19)34-4-2-6-37-9-13-41-14-10-37/h15-16,33-34H,1-14H2. The Hall–Kier alpha value is -2.32. The topological polar surface area (TPSA) is 83.4 Å². The summed E-state index contributed by atoms with van der Waals surface area (Å²) in [5.41, 5.74) is 0.0193. The van der Waals surface area contributed by atoms with Gasteiger partial charge in [-0.2, -0.15) is 0 Å². The van der Waals surface area contributed by atoms with E-state index in [9.17, 15) is 4.79 Å². The molecule has 0 spiro atoms. The molecule has 0 radical (unpaired) electrons. The van der Waals surface area contributed by atoms with Crippen molar-refractivity contribution >= 4 is 72.0 Å². The van der Waals surface area contributed by atoms with Crippen LogP contribution in [0.3, 0.4) is 0 Å². The van der Waals surface area contributed by atoms with Crippen molar-refractivity contribution in [3.05, 3.63) is 44.2 Å². The van der Waals surface area contributed by atoms with E-state index in [4.69, 9.17) is 32.7 Å². The second kappa shape index (κ2) is 13.1. The Labute approximate surface area is 255 Å². The molecular formula is C28H32Cl2F2N6O3S. The van der Waals surface area contributed by atoms with E-state index in [1.807, 2.05) is 0 Å².